The Bertz CT molecular complexity index is 1390. The number of aliphatic carboxylic acids is 1. The Morgan fingerprint density at radius 3 is 2.14 bits per heavy atom. The first-order valence-corrected chi connectivity index (χ1v) is 14.8. The fourth-order valence-electron chi connectivity index (χ4n) is 6.24. The molecule has 1 aliphatic rings. The average molecular weight is 591 g/mol. The third kappa shape index (κ3) is 6.82. The molecule has 0 unspecified atom stereocenters. The Hall–Kier alpha value is -3.35. The zero-order valence-corrected chi connectivity index (χ0v) is 26.4. The fourth-order valence-corrected chi connectivity index (χ4v) is 6.37. The van der Waals surface area contributed by atoms with Crippen LogP contribution in [-0.4, -0.2) is 41.1 Å². The Morgan fingerprint density at radius 2 is 1.60 bits per heavy atom. The molecule has 224 valence electrons. The van der Waals surface area contributed by atoms with E-state index >= 15 is 0 Å². The fraction of sp³-hybridized carbons (Fsp3) is 0.429. The van der Waals surface area contributed by atoms with Crippen LogP contribution in [0, 0.1) is 11.3 Å². The van der Waals surface area contributed by atoms with Crippen LogP contribution in [0.5, 0.6) is 5.75 Å². The van der Waals surface area contributed by atoms with Crippen LogP contribution in [0.4, 0.5) is 0 Å². The third-order valence-corrected chi connectivity index (χ3v) is 8.54. The number of likely N-dealkylation sites (tertiary alicyclic amines) is 1. The lowest BCUT2D eigenvalue weighted by Gasteiger charge is -2.35. The molecule has 4 rings (SSSR count). The summed E-state index contributed by atoms with van der Waals surface area (Å²) in [6, 6.07) is 21.3. The van der Waals surface area contributed by atoms with Crippen LogP contribution in [0.25, 0.3) is 0 Å². The first kappa shape index (κ1) is 31.6. The van der Waals surface area contributed by atoms with Crippen LogP contribution < -0.4 is 10.1 Å². The van der Waals surface area contributed by atoms with E-state index in [9.17, 15) is 14.7 Å². The maximum atomic E-state index is 14.1. The van der Waals surface area contributed by atoms with E-state index in [-0.39, 0.29) is 29.7 Å². The zero-order chi connectivity index (χ0) is 30.8. The van der Waals surface area contributed by atoms with Crippen LogP contribution in [0.2, 0.25) is 5.02 Å². The molecule has 7 heteroatoms. The number of rotatable bonds is 8. The zero-order valence-electron chi connectivity index (χ0n) is 25.6. The highest BCUT2D eigenvalue weighted by Gasteiger charge is 2.57. The van der Waals surface area contributed by atoms with Gasteiger partial charge < -0.3 is 20.1 Å². The smallest absolute Gasteiger partial charge is 0.326 e. The summed E-state index contributed by atoms with van der Waals surface area (Å²) < 4.78 is 5.72. The Kier molecular flexibility index (Phi) is 9.39. The van der Waals surface area contributed by atoms with Crippen LogP contribution in [0.15, 0.2) is 72.8 Å². The van der Waals surface area contributed by atoms with Crippen molar-refractivity contribution in [2.24, 2.45) is 11.3 Å². The molecule has 0 bridgehead atoms. The van der Waals surface area contributed by atoms with Crippen molar-refractivity contribution in [3.63, 3.8) is 0 Å². The maximum absolute atomic E-state index is 14.1. The normalized spacial score (nSPS) is 20.9. The predicted octanol–water partition coefficient (Wildman–Crippen LogP) is 7.05. The Morgan fingerprint density at radius 1 is 0.952 bits per heavy atom. The van der Waals surface area contributed by atoms with Crippen LogP contribution >= 0.6 is 11.6 Å². The molecule has 1 heterocycles. The lowest BCUT2D eigenvalue weighted by molar-refractivity contribution is -0.152. The number of amides is 1. The van der Waals surface area contributed by atoms with Gasteiger partial charge >= 0.3 is 5.97 Å². The molecule has 6 nitrogen and oxygen atoms in total. The first-order valence-electron chi connectivity index (χ1n) is 14.5. The predicted molar refractivity (Wildman–Crippen MR) is 168 cm³/mol. The quantitative estimate of drug-likeness (QED) is 0.294. The number of nitrogens with one attached hydrogen (secondary N) is 1. The largest absolute Gasteiger partial charge is 0.496 e. The molecule has 0 spiro atoms. The Balaban J connectivity index is 1.81. The van der Waals surface area contributed by atoms with Crippen molar-refractivity contribution in [1.82, 2.24) is 10.2 Å². The van der Waals surface area contributed by atoms with Crippen molar-refractivity contribution in [2.45, 2.75) is 78.0 Å². The molecule has 0 aliphatic carbocycles. The molecule has 0 radical (unpaired) electrons. The van der Waals surface area contributed by atoms with E-state index in [0.717, 1.165) is 22.4 Å². The van der Waals surface area contributed by atoms with Crippen LogP contribution in [-0.2, 0) is 28.0 Å². The van der Waals surface area contributed by atoms with Gasteiger partial charge in [-0.2, -0.15) is 0 Å². The highest BCUT2D eigenvalue weighted by Crippen LogP contribution is 2.48. The molecule has 1 fully saturated rings. The number of benzene rings is 3. The molecule has 3 aromatic rings. The van der Waals surface area contributed by atoms with Gasteiger partial charge in [-0.1, -0.05) is 108 Å². The number of hydrogen-bond acceptors (Lipinski definition) is 4. The maximum Gasteiger partial charge on any atom is 0.326 e. The van der Waals surface area contributed by atoms with Crippen molar-refractivity contribution in [3.8, 4) is 5.75 Å². The minimum atomic E-state index is -1.02. The molecule has 3 aromatic carbocycles. The van der Waals surface area contributed by atoms with Gasteiger partial charge in [0.1, 0.15) is 11.8 Å². The average Bonchev–Trinajstić information content (AvgIpc) is 3.29. The van der Waals surface area contributed by atoms with E-state index in [4.69, 9.17) is 16.3 Å². The summed E-state index contributed by atoms with van der Waals surface area (Å²) in [5, 5.41) is 15.0. The molecule has 1 aliphatic heterocycles. The second kappa shape index (κ2) is 12.5. The number of halogens is 1. The van der Waals surface area contributed by atoms with Crippen LogP contribution in [0.1, 0.15) is 69.8 Å². The summed E-state index contributed by atoms with van der Waals surface area (Å²) in [6.07, 6.45) is 0.0787. The monoisotopic (exact) mass is 590 g/mol. The number of methoxy groups -OCH3 is 1. The molecule has 0 saturated carbocycles. The van der Waals surface area contributed by atoms with Crippen molar-refractivity contribution in [2.75, 3.05) is 7.11 Å². The highest BCUT2D eigenvalue weighted by atomic mass is 35.5. The van der Waals surface area contributed by atoms with E-state index < -0.39 is 23.5 Å². The minimum absolute atomic E-state index is 0.0474. The van der Waals surface area contributed by atoms with E-state index in [0.29, 0.717) is 11.6 Å². The van der Waals surface area contributed by atoms with Crippen molar-refractivity contribution >= 4 is 23.5 Å². The number of nitrogens with zero attached hydrogens (tertiary/aromatic N) is 1. The summed E-state index contributed by atoms with van der Waals surface area (Å²) >= 11 is 6.08. The first-order chi connectivity index (χ1) is 19.7. The second-order valence-corrected chi connectivity index (χ2v) is 13.8. The lowest BCUT2D eigenvalue weighted by atomic mass is 9.72. The number of carbonyl (C=O) groups excluding carboxylic acids is 1. The molecule has 2 N–H and O–H groups in total. The summed E-state index contributed by atoms with van der Waals surface area (Å²) in [6.45, 7) is 13.1. The molecule has 1 saturated heterocycles. The summed E-state index contributed by atoms with van der Waals surface area (Å²) in [5.41, 5.74) is 3.37. The van der Waals surface area contributed by atoms with Gasteiger partial charge in [0.2, 0.25) is 5.91 Å². The van der Waals surface area contributed by atoms with Gasteiger partial charge in [-0.15, -0.1) is 0 Å². The summed E-state index contributed by atoms with van der Waals surface area (Å²) in [5.74, 6) is -0.852. The summed E-state index contributed by atoms with van der Waals surface area (Å²) in [7, 11) is 1.66. The van der Waals surface area contributed by atoms with Gasteiger partial charge in [0.25, 0.3) is 0 Å². The second-order valence-electron chi connectivity index (χ2n) is 13.3. The molecule has 0 aromatic heterocycles. The van der Waals surface area contributed by atoms with Gasteiger partial charge in [0.15, 0.2) is 0 Å². The number of carboxylic acid groups (broad SMARTS) is 1. The van der Waals surface area contributed by atoms with Gasteiger partial charge in [-0.25, -0.2) is 4.79 Å². The molecular formula is C35H43ClN2O4. The summed E-state index contributed by atoms with van der Waals surface area (Å²) in [4.78, 5) is 28.8. The number of ether oxygens (including phenoxy) is 1. The number of hydrogen-bond donors (Lipinski definition) is 2. The Labute approximate surface area is 255 Å². The van der Waals surface area contributed by atoms with E-state index in [2.05, 4.69) is 59.0 Å². The van der Waals surface area contributed by atoms with E-state index in [1.165, 1.54) is 5.56 Å². The van der Waals surface area contributed by atoms with Crippen molar-refractivity contribution in [3.05, 3.63) is 100 Å². The van der Waals surface area contributed by atoms with Gasteiger partial charge in [0, 0.05) is 29.1 Å². The van der Waals surface area contributed by atoms with Crippen molar-refractivity contribution < 1.29 is 19.4 Å². The lowest BCUT2D eigenvalue weighted by Crippen LogP contribution is -2.48. The van der Waals surface area contributed by atoms with Gasteiger partial charge in [0.05, 0.1) is 19.6 Å². The number of carboxylic acids is 1. The molecule has 4 atom stereocenters. The standard InChI is InChI=1S/C35H43ClN2O4/c1-34(2,3)25-15-18-27(42-7)24(20-25)21-37-30-29(35(4,5)6)32(33(40)41)38(31(30)23-11-9-8-10-12-23)28(39)19-22-13-16-26(36)17-14-22/h8-18,20,29-32,37H,19,21H2,1-7H3,(H,40,41)/t29-,30-,31-,32-/m0/s1. The highest BCUT2D eigenvalue weighted by molar-refractivity contribution is 6.30. The number of carbonyl (C=O) groups is 2. The van der Waals surface area contributed by atoms with Gasteiger partial charge in [-0.05, 0) is 45.7 Å². The SMILES string of the molecule is COc1ccc(C(C)(C)C)cc1CN[C@H]1[C@H](C(C)(C)C)[C@@H](C(=O)O)N(C(=O)Cc2ccc(Cl)cc2)[C@H]1c1ccccc1. The molecule has 42 heavy (non-hydrogen) atoms. The minimum Gasteiger partial charge on any atom is -0.496 e. The third-order valence-electron chi connectivity index (χ3n) is 8.29. The van der Waals surface area contributed by atoms with Gasteiger partial charge in [-0.3, -0.25) is 4.79 Å². The van der Waals surface area contributed by atoms with E-state index in [1.54, 1.807) is 24.1 Å². The topological polar surface area (TPSA) is 78.9 Å². The molecule has 1 amide bonds. The molecular weight excluding hydrogens is 548 g/mol. The van der Waals surface area contributed by atoms with Crippen LogP contribution in [0.3, 0.4) is 0 Å². The van der Waals surface area contributed by atoms with Crippen molar-refractivity contribution in [1.29, 1.82) is 0 Å². The van der Waals surface area contributed by atoms with E-state index in [1.807, 2.05) is 48.5 Å².